The highest BCUT2D eigenvalue weighted by Crippen LogP contribution is 2.38. The van der Waals surface area contributed by atoms with E-state index in [4.69, 9.17) is 4.98 Å². The minimum absolute atomic E-state index is 0. The molecule has 1 aliphatic heterocycles. The van der Waals surface area contributed by atoms with Crippen LogP contribution in [0.25, 0.3) is 0 Å². The molecule has 148 valence electrons. The average Bonchev–Trinajstić information content (AvgIpc) is 3.31. The Hall–Kier alpha value is -1.21. The normalized spacial score (nSPS) is 20.0. The molecule has 1 unspecified atom stereocenters. The van der Waals surface area contributed by atoms with E-state index >= 15 is 0 Å². The third-order valence-corrected chi connectivity index (χ3v) is 6.59. The van der Waals surface area contributed by atoms with Crippen LogP contribution in [-0.2, 0) is 0 Å². The summed E-state index contributed by atoms with van der Waals surface area (Å²) in [6.45, 7) is 4.29. The molecule has 0 aromatic carbocycles. The van der Waals surface area contributed by atoms with Crippen LogP contribution < -0.4 is 5.32 Å². The number of nitrogens with one attached hydrogen (secondary N) is 1. The van der Waals surface area contributed by atoms with Crippen LogP contribution in [-0.4, -0.2) is 40.4 Å². The predicted molar refractivity (Wildman–Crippen MR) is 113 cm³/mol. The third-order valence-electron chi connectivity index (χ3n) is 5.29. The zero-order valence-electron chi connectivity index (χ0n) is 15.4. The number of halogens is 2. The molecule has 1 amide bonds. The summed E-state index contributed by atoms with van der Waals surface area (Å²) >= 11 is 1.62. The molecule has 2 aromatic heterocycles. The van der Waals surface area contributed by atoms with Crippen LogP contribution in [0.15, 0.2) is 24.5 Å². The minimum atomic E-state index is 0. The zero-order valence-corrected chi connectivity index (χ0v) is 17.8. The van der Waals surface area contributed by atoms with Gasteiger partial charge < -0.3 is 10.2 Å². The van der Waals surface area contributed by atoms with Gasteiger partial charge in [-0.1, -0.05) is 18.9 Å². The number of piperazine rings is 1. The number of amides is 1. The lowest BCUT2D eigenvalue weighted by Crippen LogP contribution is -2.48. The largest absolute Gasteiger partial charge is 0.328 e. The van der Waals surface area contributed by atoms with Crippen LogP contribution >= 0.6 is 36.2 Å². The van der Waals surface area contributed by atoms with Crippen LogP contribution in [0.1, 0.15) is 63.6 Å². The molecule has 1 atom stereocenters. The molecule has 27 heavy (non-hydrogen) atoms. The number of thiazole rings is 1. The van der Waals surface area contributed by atoms with Gasteiger partial charge in [-0.2, -0.15) is 0 Å². The molecular formula is C19H26Cl2N4OS. The number of carbonyl (C=O) groups excluding carboxylic acids is 1. The Morgan fingerprint density at radius 2 is 2.07 bits per heavy atom. The SMILES string of the molecule is Cc1nc(C2CCCC2)sc1C(=O)N1CCNCC1c1cccnc1.Cl.Cl. The molecule has 3 heterocycles. The monoisotopic (exact) mass is 428 g/mol. The highest BCUT2D eigenvalue weighted by molar-refractivity contribution is 7.13. The fourth-order valence-electron chi connectivity index (χ4n) is 3.91. The van der Waals surface area contributed by atoms with Crippen molar-refractivity contribution in [3.8, 4) is 0 Å². The Morgan fingerprint density at radius 1 is 1.30 bits per heavy atom. The van der Waals surface area contributed by atoms with Crippen molar-refractivity contribution in [3.05, 3.63) is 45.7 Å². The molecule has 8 heteroatoms. The highest BCUT2D eigenvalue weighted by atomic mass is 35.5. The van der Waals surface area contributed by atoms with E-state index in [2.05, 4.69) is 16.4 Å². The Morgan fingerprint density at radius 3 is 2.78 bits per heavy atom. The molecule has 5 nitrogen and oxygen atoms in total. The van der Waals surface area contributed by atoms with Gasteiger partial charge in [-0.3, -0.25) is 9.78 Å². The van der Waals surface area contributed by atoms with Gasteiger partial charge in [0.25, 0.3) is 5.91 Å². The Kier molecular flexibility index (Phi) is 8.04. The average molecular weight is 429 g/mol. The van der Waals surface area contributed by atoms with Crippen LogP contribution in [0.5, 0.6) is 0 Å². The summed E-state index contributed by atoms with van der Waals surface area (Å²) in [5.41, 5.74) is 1.97. The lowest BCUT2D eigenvalue weighted by atomic mass is 10.0. The summed E-state index contributed by atoms with van der Waals surface area (Å²) in [5.74, 6) is 0.678. The first-order valence-corrected chi connectivity index (χ1v) is 9.94. The van der Waals surface area contributed by atoms with Crippen LogP contribution in [0.2, 0.25) is 0 Å². The first-order valence-electron chi connectivity index (χ1n) is 9.13. The maximum atomic E-state index is 13.3. The molecule has 0 radical (unpaired) electrons. The molecule has 1 N–H and O–H groups in total. The van der Waals surface area contributed by atoms with Crippen LogP contribution in [0, 0.1) is 6.92 Å². The first kappa shape index (κ1) is 22.1. The zero-order chi connectivity index (χ0) is 17.2. The summed E-state index contributed by atoms with van der Waals surface area (Å²) in [7, 11) is 0. The molecule has 0 bridgehead atoms. The van der Waals surface area contributed by atoms with Gasteiger partial charge in [-0.05, 0) is 31.4 Å². The van der Waals surface area contributed by atoms with Crippen molar-refractivity contribution in [2.45, 2.75) is 44.6 Å². The molecule has 0 spiro atoms. The van der Waals surface area contributed by atoms with Crippen molar-refractivity contribution in [1.82, 2.24) is 20.2 Å². The lowest BCUT2D eigenvalue weighted by Gasteiger charge is -2.36. The van der Waals surface area contributed by atoms with Gasteiger partial charge in [0.15, 0.2) is 0 Å². The van der Waals surface area contributed by atoms with E-state index in [-0.39, 0.29) is 36.8 Å². The molecule has 2 fully saturated rings. The van der Waals surface area contributed by atoms with E-state index in [0.717, 1.165) is 34.2 Å². The lowest BCUT2D eigenvalue weighted by molar-refractivity contribution is 0.0638. The fraction of sp³-hybridized carbons (Fsp3) is 0.526. The number of aryl methyl sites for hydroxylation is 1. The van der Waals surface area contributed by atoms with E-state index in [1.807, 2.05) is 24.1 Å². The van der Waals surface area contributed by atoms with Crippen molar-refractivity contribution >= 4 is 42.1 Å². The van der Waals surface area contributed by atoms with E-state index in [9.17, 15) is 4.79 Å². The van der Waals surface area contributed by atoms with Gasteiger partial charge in [-0.15, -0.1) is 36.2 Å². The van der Waals surface area contributed by atoms with Crippen molar-refractivity contribution in [1.29, 1.82) is 0 Å². The Labute approximate surface area is 176 Å². The van der Waals surface area contributed by atoms with Gasteiger partial charge >= 0.3 is 0 Å². The second kappa shape index (κ2) is 9.82. The quantitative estimate of drug-likeness (QED) is 0.797. The standard InChI is InChI=1S/C19H24N4OS.2ClH/c1-13-17(25-18(22-13)14-5-2-3-6-14)19(24)23-10-9-21-12-16(23)15-7-4-8-20-11-15;;/h4,7-8,11,14,16,21H,2-3,5-6,9-10,12H2,1H3;2*1H. The number of hydrogen-bond donors (Lipinski definition) is 1. The van der Waals surface area contributed by atoms with Gasteiger partial charge in [0.05, 0.1) is 16.7 Å². The summed E-state index contributed by atoms with van der Waals surface area (Å²) in [5, 5.41) is 4.56. The van der Waals surface area contributed by atoms with E-state index in [1.165, 1.54) is 25.7 Å². The first-order chi connectivity index (χ1) is 12.2. The number of carbonyl (C=O) groups is 1. The highest BCUT2D eigenvalue weighted by Gasteiger charge is 2.32. The predicted octanol–water partition coefficient (Wildman–Crippen LogP) is 4.13. The van der Waals surface area contributed by atoms with Crippen molar-refractivity contribution < 1.29 is 4.79 Å². The van der Waals surface area contributed by atoms with E-state index < -0.39 is 0 Å². The second-order valence-electron chi connectivity index (χ2n) is 6.95. The molecule has 4 rings (SSSR count). The molecule has 1 saturated carbocycles. The molecule has 1 aliphatic carbocycles. The molecular weight excluding hydrogens is 403 g/mol. The number of aromatic nitrogens is 2. The van der Waals surface area contributed by atoms with Gasteiger partial charge in [0.2, 0.25) is 0 Å². The Bertz CT molecular complexity index is 749. The van der Waals surface area contributed by atoms with Crippen LogP contribution in [0.3, 0.4) is 0 Å². The fourth-order valence-corrected chi connectivity index (χ4v) is 5.10. The summed E-state index contributed by atoms with van der Waals surface area (Å²) < 4.78 is 0. The maximum absolute atomic E-state index is 13.3. The molecule has 2 aromatic rings. The van der Waals surface area contributed by atoms with Crippen LogP contribution in [0.4, 0.5) is 0 Å². The molecule has 1 saturated heterocycles. The van der Waals surface area contributed by atoms with Gasteiger partial charge in [0, 0.05) is 37.9 Å². The van der Waals surface area contributed by atoms with E-state index in [1.54, 1.807) is 17.5 Å². The van der Waals surface area contributed by atoms with E-state index in [0.29, 0.717) is 12.5 Å². The maximum Gasteiger partial charge on any atom is 0.266 e. The van der Waals surface area contributed by atoms with Gasteiger partial charge in [-0.25, -0.2) is 4.98 Å². The topological polar surface area (TPSA) is 58.1 Å². The van der Waals surface area contributed by atoms with Crippen molar-refractivity contribution in [3.63, 3.8) is 0 Å². The summed E-state index contributed by atoms with van der Waals surface area (Å²) in [6, 6.07) is 4.02. The summed E-state index contributed by atoms with van der Waals surface area (Å²) in [6.07, 6.45) is 8.63. The third kappa shape index (κ3) is 4.62. The number of pyridine rings is 1. The number of hydrogen-bond acceptors (Lipinski definition) is 5. The smallest absolute Gasteiger partial charge is 0.266 e. The van der Waals surface area contributed by atoms with Crippen molar-refractivity contribution in [2.75, 3.05) is 19.6 Å². The molecule has 2 aliphatic rings. The Balaban J connectivity index is 0.00000131. The number of nitrogens with zero attached hydrogens (tertiary/aromatic N) is 3. The van der Waals surface area contributed by atoms with Crippen molar-refractivity contribution in [2.24, 2.45) is 0 Å². The minimum Gasteiger partial charge on any atom is -0.328 e. The second-order valence-corrected chi connectivity index (χ2v) is 7.98. The summed E-state index contributed by atoms with van der Waals surface area (Å²) in [4.78, 5) is 25.1. The van der Waals surface area contributed by atoms with Gasteiger partial charge in [0.1, 0.15) is 4.88 Å². The number of rotatable bonds is 3.